The monoisotopic (exact) mass is 348 g/mol. The van der Waals surface area contributed by atoms with Gasteiger partial charge in [0, 0.05) is 0 Å². The van der Waals surface area contributed by atoms with E-state index in [-0.39, 0.29) is 17.0 Å². The molecule has 0 heterocycles. The molecule has 2 atom stereocenters. The standard InChI is InChI=1S/C18H18O6.H2O/c1-11-3-7-13(8-4-11)23-15(17(19)20)16(18(21)22)24-14-9-5-12(2)6-10-14;/h3-10,15-16H,1-2H3,(H,19,20)(H,21,22);1H2/t15-,16-;/m0./s1. The van der Waals surface area contributed by atoms with Crippen molar-refractivity contribution in [3.05, 3.63) is 59.7 Å². The van der Waals surface area contributed by atoms with Crippen molar-refractivity contribution in [1.82, 2.24) is 0 Å². The van der Waals surface area contributed by atoms with Crippen LogP contribution in [0.15, 0.2) is 48.5 Å². The van der Waals surface area contributed by atoms with Gasteiger partial charge in [0.1, 0.15) is 11.5 Å². The summed E-state index contributed by atoms with van der Waals surface area (Å²) in [5.74, 6) is -2.33. The summed E-state index contributed by atoms with van der Waals surface area (Å²) in [5, 5.41) is 18.7. The Labute approximate surface area is 144 Å². The molecule has 0 radical (unpaired) electrons. The molecule has 0 aliphatic heterocycles. The number of hydrogen-bond acceptors (Lipinski definition) is 4. The van der Waals surface area contributed by atoms with Gasteiger partial charge in [-0.05, 0) is 38.1 Å². The quantitative estimate of drug-likeness (QED) is 0.786. The highest BCUT2D eigenvalue weighted by Crippen LogP contribution is 2.19. The van der Waals surface area contributed by atoms with Crippen LogP contribution in [0.2, 0.25) is 0 Å². The third-order valence-electron chi connectivity index (χ3n) is 3.33. The molecule has 0 fully saturated rings. The molecule has 0 aromatic heterocycles. The number of carbonyl (C=O) groups is 2. The van der Waals surface area contributed by atoms with Gasteiger partial charge in [0.2, 0.25) is 12.2 Å². The van der Waals surface area contributed by atoms with Crippen molar-refractivity contribution in [3.63, 3.8) is 0 Å². The Morgan fingerprint density at radius 1 is 0.720 bits per heavy atom. The van der Waals surface area contributed by atoms with Crippen LogP contribution in [0.5, 0.6) is 11.5 Å². The fourth-order valence-electron chi connectivity index (χ4n) is 2.01. The Morgan fingerprint density at radius 3 is 1.24 bits per heavy atom. The zero-order valence-corrected chi connectivity index (χ0v) is 13.8. The highest BCUT2D eigenvalue weighted by Gasteiger charge is 2.38. The SMILES string of the molecule is Cc1ccc(O[C@H](C(=O)O)[C@H](Oc2ccc(C)cc2)C(=O)O)cc1.O. The van der Waals surface area contributed by atoms with Gasteiger partial charge in [-0.2, -0.15) is 0 Å². The molecule has 0 aliphatic carbocycles. The van der Waals surface area contributed by atoms with Gasteiger partial charge in [0.05, 0.1) is 0 Å². The highest BCUT2D eigenvalue weighted by atomic mass is 16.6. The van der Waals surface area contributed by atoms with Crippen LogP contribution in [-0.2, 0) is 9.59 Å². The van der Waals surface area contributed by atoms with Crippen LogP contribution in [0.4, 0.5) is 0 Å². The summed E-state index contributed by atoms with van der Waals surface area (Å²) in [6.45, 7) is 3.75. The summed E-state index contributed by atoms with van der Waals surface area (Å²) in [5.41, 5.74) is 1.94. The molecular formula is C18H20O7. The van der Waals surface area contributed by atoms with Gasteiger partial charge in [0.15, 0.2) is 0 Å². The first-order chi connectivity index (χ1) is 11.4. The number of aryl methyl sites for hydroxylation is 2. The average molecular weight is 348 g/mol. The van der Waals surface area contributed by atoms with Gasteiger partial charge in [0.25, 0.3) is 0 Å². The Morgan fingerprint density at radius 2 is 1.00 bits per heavy atom. The lowest BCUT2D eigenvalue weighted by atomic mass is 10.2. The molecule has 2 aromatic carbocycles. The summed E-state index contributed by atoms with van der Waals surface area (Å²) in [4.78, 5) is 23.0. The minimum atomic E-state index is -1.69. The number of carboxylic acid groups (broad SMARTS) is 2. The second-order valence-electron chi connectivity index (χ2n) is 5.38. The zero-order valence-electron chi connectivity index (χ0n) is 13.8. The number of ether oxygens (including phenoxy) is 2. The van der Waals surface area contributed by atoms with Gasteiger partial charge >= 0.3 is 11.9 Å². The van der Waals surface area contributed by atoms with Crippen LogP contribution in [0.3, 0.4) is 0 Å². The number of hydrogen-bond donors (Lipinski definition) is 2. The van der Waals surface area contributed by atoms with Gasteiger partial charge in [-0.1, -0.05) is 35.4 Å². The van der Waals surface area contributed by atoms with E-state index in [1.54, 1.807) is 48.5 Å². The molecular weight excluding hydrogens is 328 g/mol. The highest BCUT2D eigenvalue weighted by molar-refractivity contribution is 5.84. The van der Waals surface area contributed by atoms with Gasteiger partial charge in [-0.25, -0.2) is 9.59 Å². The summed E-state index contributed by atoms with van der Waals surface area (Å²) in [6, 6.07) is 13.3. The largest absolute Gasteiger partial charge is 0.478 e. The molecule has 0 saturated heterocycles. The summed E-state index contributed by atoms with van der Waals surface area (Å²) < 4.78 is 10.7. The second kappa shape index (κ2) is 8.70. The van der Waals surface area contributed by atoms with E-state index in [4.69, 9.17) is 9.47 Å². The Bertz CT molecular complexity index is 644. The third-order valence-corrected chi connectivity index (χ3v) is 3.33. The molecule has 0 bridgehead atoms. The van der Waals surface area contributed by atoms with Crippen molar-refractivity contribution in [2.45, 2.75) is 26.1 Å². The van der Waals surface area contributed by atoms with Crippen LogP contribution >= 0.6 is 0 Å². The van der Waals surface area contributed by atoms with Gasteiger partial charge in [-0.3, -0.25) is 0 Å². The lowest BCUT2D eigenvalue weighted by Gasteiger charge is -2.22. The first-order valence-corrected chi connectivity index (χ1v) is 7.29. The lowest BCUT2D eigenvalue weighted by Crippen LogP contribution is -2.47. The predicted molar refractivity (Wildman–Crippen MR) is 90.1 cm³/mol. The minimum absolute atomic E-state index is 0. The number of benzene rings is 2. The van der Waals surface area contributed by atoms with E-state index in [1.807, 2.05) is 13.8 Å². The molecule has 0 saturated carbocycles. The molecule has 0 unspecified atom stereocenters. The minimum Gasteiger partial charge on any atom is -0.478 e. The molecule has 25 heavy (non-hydrogen) atoms. The van der Waals surface area contributed by atoms with E-state index >= 15 is 0 Å². The molecule has 2 rings (SSSR count). The van der Waals surface area contributed by atoms with E-state index in [2.05, 4.69) is 0 Å². The molecule has 4 N–H and O–H groups in total. The van der Waals surface area contributed by atoms with Crippen molar-refractivity contribution < 1.29 is 34.8 Å². The van der Waals surface area contributed by atoms with Crippen LogP contribution in [-0.4, -0.2) is 39.8 Å². The molecule has 2 aromatic rings. The second-order valence-corrected chi connectivity index (χ2v) is 5.38. The number of aliphatic carboxylic acids is 2. The molecule has 7 heteroatoms. The number of rotatable bonds is 7. The van der Waals surface area contributed by atoms with Crippen molar-refractivity contribution in [3.8, 4) is 11.5 Å². The third kappa shape index (κ3) is 5.50. The van der Waals surface area contributed by atoms with Gasteiger partial charge in [-0.15, -0.1) is 0 Å². The normalized spacial score (nSPS) is 12.4. The van der Waals surface area contributed by atoms with E-state index in [0.717, 1.165) is 11.1 Å². The van der Waals surface area contributed by atoms with Crippen molar-refractivity contribution in [1.29, 1.82) is 0 Å². The van der Waals surface area contributed by atoms with E-state index in [0.29, 0.717) is 0 Å². The first kappa shape index (κ1) is 20.0. The average Bonchev–Trinajstić information content (AvgIpc) is 2.54. The van der Waals surface area contributed by atoms with Crippen molar-refractivity contribution >= 4 is 11.9 Å². The van der Waals surface area contributed by atoms with E-state index < -0.39 is 24.1 Å². The summed E-state index contributed by atoms with van der Waals surface area (Å²) >= 11 is 0. The smallest absolute Gasteiger partial charge is 0.349 e. The topological polar surface area (TPSA) is 125 Å². The lowest BCUT2D eigenvalue weighted by molar-refractivity contribution is -0.161. The Kier molecular flexibility index (Phi) is 6.95. The van der Waals surface area contributed by atoms with Crippen LogP contribution < -0.4 is 9.47 Å². The molecule has 0 amide bonds. The van der Waals surface area contributed by atoms with E-state index in [9.17, 15) is 19.8 Å². The number of carboxylic acids is 2. The Hall–Kier alpha value is -3.06. The van der Waals surface area contributed by atoms with Crippen molar-refractivity contribution in [2.24, 2.45) is 0 Å². The van der Waals surface area contributed by atoms with Crippen molar-refractivity contribution in [2.75, 3.05) is 0 Å². The first-order valence-electron chi connectivity index (χ1n) is 7.29. The predicted octanol–water partition coefficient (Wildman–Crippen LogP) is 1.84. The van der Waals surface area contributed by atoms with Crippen LogP contribution in [0, 0.1) is 13.8 Å². The van der Waals surface area contributed by atoms with Crippen LogP contribution in [0.1, 0.15) is 11.1 Å². The fraction of sp³-hybridized carbons (Fsp3) is 0.222. The molecule has 0 aliphatic rings. The van der Waals surface area contributed by atoms with E-state index in [1.165, 1.54) is 0 Å². The maximum Gasteiger partial charge on any atom is 0.349 e. The van der Waals surface area contributed by atoms with Gasteiger partial charge < -0.3 is 25.2 Å². The maximum atomic E-state index is 11.5. The molecule has 7 nitrogen and oxygen atoms in total. The molecule has 0 spiro atoms. The van der Waals surface area contributed by atoms with Crippen LogP contribution in [0.25, 0.3) is 0 Å². The fourth-order valence-corrected chi connectivity index (χ4v) is 2.01. The zero-order chi connectivity index (χ0) is 17.7. The Balaban J connectivity index is 0.00000312. The maximum absolute atomic E-state index is 11.5. The molecule has 134 valence electrons. The summed E-state index contributed by atoms with van der Waals surface area (Å²) in [6.07, 6.45) is -3.38. The summed E-state index contributed by atoms with van der Waals surface area (Å²) in [7, 11) is 0.